The highest BCUT2D eigenvalue weighted by atomic mass is 32.2. The Morgan fingerprint density at radius 1 is 1.24 bits per heavy atom. The second-order valence-electron chi connectivity index (χ2n) is 6.33. The number of carboxylic acid groups (broad SMARTS) is 1. The molecule has 1 aromatic carbocycles. The molecule has 0 radical (unpaired) electrons. The Kier molecular flexibility index (Phi) is 5.36. The summed E-state index contributed by atoms with van der Waals surface area (Å²) < 4.78 is 38.4. The van der Waals surface area contributed by atoms with Crippen LogP contribution in [-0.4, -0.2) is 49.1 Å². The fraction of sp³-hybridized carbons (Fsp3) is 0.500. The van der Waals surface area contributed by atoms with Gasteiger partial charge in [-0.1, -0.05) is 19.3 Å². The van der Waals surface area contributed by atoms with Crippen LogP contribution in [0.3, 0.4) is 0 Å². The van der Waals surface area contributed by atoms with E-state index in [1.165, 1.54) is 18.0 Å². The quantitative estimate of drug-likeness (QED) is 0.823. The van der Waals surface area contributed by atoms with Gasteiger partial charge in [-0.05, 0) is 31.0 Å². The maximum absolute atomic E-state index is 13.8. The van der Waals surface area contributed by atoms with Gasteiger partial charge >= 0.3 is 5.97 Å². The first-order valence-corrected chi connectivity index (χ1v) is 9.75. The van der Waals surface area contributed by atoms with E-state index in [1.807, 2.05) is 4.72 Å². The lowest BCUT2D eigenvalue weighted by atomic mass is 9.80. The highest BCUT2D eigenvalue weighted by Gasteiger charge is 2.45. The standard InChI is InChI=1S/C16H21FN2O5S/c1-19(16(15(21)22)8-4-3-5-9-16)14(20)11-6-7-12(17)13(10-11)18-25(2,23)24/h6-7,10,18H,3-5,8-9H2,1-2H3,(H,21,22). The van der Waals surface area contributed by atoms with Gasteiger partial charge in [0.05, 0.1) is 11.9 Å². The number of amides is 1. The second-order valence-corrected chi connectivity index (χ2v) is 8.08. The molecule has 0 unspecified atom stereocenters. The van der Waals surface area contributed by atoms with Crippen LogP contribution in [0.4, 0.5) is 10.1 Å². The molecular formula is C16H21FN2O5S. The molecule has 1 amide bonds. The zero-order valence-corrected chi connectivity index (χ0v) is 14.9. The van der Waals surface area contributed by atoms with Crippen LogP contribution in [0.1, 0.15) is 42.5 Å². The Morgan fingerprint density at radius 3 is 2.36 bits per heavy atom. The molecule has 1 aromatic rings. The number of rotatable bonds is 5. The van der Waals surface area contributed by atoms with Gasteiger partial charge in [-0.25, -0.2) is 17.6 Å². The van der Waals surface area contributed by atoms with E-state index in [0.29, 0.717) is 25.7 Å². The van der Waals surface area contributed by atoms with Gasteiger partial charge in [-0.15, -0.1) is 0 Å². The number of sulfonamides is 1. The summed E-state index contributed by atoms with van der Waals surface area (Å²) in [6.07, 6.45) is 3.88. The Morgan fingerprint density at radius 2 is 1.84 bits per heavy atom. The summed E-state index contributed by atoms with van der Waals surface area (Å²) >= 11 is 0. The molecule has 1 saturated carbocycles. The third-order valence-corrected chi connectivity index (χ3v) is 5.12. The van der Waals surface area contributed by atoms with Gasteiger partial charge in [0.15, 0.2) is 0 Å². The van der Waals surface area contributed by atoms with Gasteiger partial charge in [0.25, 0.3) is 5.91 Å². The molecule has 7 nitrogen and oxygen atoms in total. The topological polar surface area (TPSA) is 104 Å². The maximum atomic E-state index is 13.8. The number of benzene rings is 1. The van der Waals surface area contributed by atoms with Crippen molar-refractivity contribution in [3.05, 3.63) is 29.6 Å². The average molecular weight is 372 g/mol. The number of carbonyl (C=O) groups is 2. The molecular weight excluding hydrogens is 351 g/mol. The number of halogens is 1. The summed E-state index contributed by atoms with van der Waals surface area (Å²) in [7, 11) is -2.31. The summed E-state index contributed by atoms with van der Waals surface area (Å²) in [5.41, 5.74) is -1.63. The van der Waals surface area contributed by atoms with E-state index < -0.39 is 33.3 Å². The minimum absolute atomic E-state index is 0.0150. The molecule has 2 rings (SSSR count). The third-order valence-electron chi connectivity index (χ3n) is 4.53. The molecule has 0 aromatic heterocycles. The lowest BCUT2D eigenvalue weighted by Gasteiger charge is -2.41. The van der Waals surface area contributed by atoms with Gasteiger partial charge in [0.2, 0.25) is 10.0 Å². The van der Waals surface area contributed by atoms with E-state index in [4.69, 9.17) is 0 Å². The Balaban J connectivity index is 2.36. The molecule has 0 saturated heterocycles. The van der Waals surface area contributed by atoms with Crippen LogP contribution < -0.4 is 4.72 Å². The van der Waals surface area contributed by atoms with Crippen LogP contribution in [0.25, 0.3) is 0 Å². The van der Waals surface area contributed by atoms with Crippen molar-refractivity contribution < 1.29 is 27.5 Å². The van der Waals surface area contributed by atoms with Crippen LogP contribution in [0.5, 0.6) is 0 Å². The van der Waals surface area contributed by atoms with Crippen LogP contribution in [0, 0.1) is 5.82 Å². The van der Waals surface area contributed by atoms with Gasteiger partial charge in [-0.3, -0.25) is 9.52 Å². The van der Waals surface area contributed by atoms with E-state index in [-0.39, 0.29) is 11.3 Å². The summed E-state index contributed by atoms with van der Waals surface area (Å²) in [6.45, 7) is 0. The summed E-state index contributed by atoms with van der Waals surface area (Å²) in [5.74, 6) is -2.49. The van der Waals surface area contributed by atoms with Crippen molar-refractivity contribution in [1.29, 1.82) is 0 Å². The highest BCUT2D eigenvalue weighted by molar-refractivity contribution is 7.92. The van der Waals surface area contributed by atoms with Crippen LogP contribution in [0.2, 0.25) is 0 Å². The van der Waals surface area contributed by atoms with Crippen molar-refractivity contribution in [3.8, 4) is 0 Å². The first-order valence-electron chi connectivity index (χ1n) is 7.86. The number of aliphatic carboxylic acids is 1. The molecule has 25 heavy (non-hydrogen) atoms. The number of hydrogen-bond donors (Lipinski definition) is 2. The van der Waals surface area contributed by atoms with Crippen molar-refractivity contribution in [2.45, 2.75) is 37.6 Å². The van der Waals surface area contributed by atoms with Crippen molar-refractivity contribution >= 4 is 27.6 Å². The Labute approximate surface area is 145 Å². The van der Waals surface area contributed by atoms with Gasteiger partial charge in [0, 0.05) is 12.6 Å². The highest BCUT2D eigenvalue weighted by Crippen LogP contribution is 2.34. The minimum Gasteiger partial charge on any atom is -0.479 e. The molecule has 0 heterocycles. The summed E-state index contributed by atoms with van der Waals surface area (Å²) in [5, 5.41) is 9.66. The largest absolute Gasteiger partial charge is 0.479 e. The fourth-order valence-corrected chi connectivity index (χ4v) is 3.71. The van der Waals surface area contributed by atoms with E-state index in [2.05, 4.69) is 0 Å². The number of likely N-dealkylation sites (N-methyl/N-ethyl adjacent to an activating group) is 1. The molecule has 1 aliphatic carbocycles. The molecule has 1 fully saturated rings. The molecule has 1 aliphatic rings. The Bertz CT molecular complexity index is 788. The van der Waals surface area contributed by atoms with Crippen molar-refractivity contribution in [3.63, 3.8) is 0 Å². The smallest absolute Gasteiger partial charge is 0.329 e. The number of carboxylic acids is 1. The van der Waals surface area contributed by atoms with E-state index >= 15 is 0 Å². The number of carbonyl (C=O) groups excluding carboxylic acids is 1. The van der Waals surface area contributed by atoms with Crippen LogP contribution in [0.15, 0.2) is 18.2 Å². The monoisotopic (exact) mass is 372 g/mol. The molecule has 138 valence electrons. The first-order chi connectivity index (χ1) is 11.6. The third kappa shape index (κ3) is 4.09. The van der Waals surface area contributed by atoms with Gasteiger partial charge in [0.1, 0.15) is 11.4 Å². The zero-order valence-electron chi connectivity index (χ0n) is 14.1. The molecule has 2 N–H and O–H groups in total. The molecule has 0 bridgehead atoms. The number of nitrogens with one attached hydrogen (secondary N) is 1. The molecule has 0 atom stereocenters. The van der Waals surface area contributed by atoms with E-state index in [0.717, 1.165) is 24.8 Å². The van der Waals surface area contributed by atoms with Crippen LogP contribution in [-0.2, 0) is 14.8 Å². The maximum Gasteiger partial charge on any atom is 0.329 e. The predicted molar refractivity (Wildman–Crippen MR) is 90.4 cm³/mol. The summed E-state index contributed by atoms with van der Waals surface area (Å²) in [4.78, 5) is 25.7. The number of nitrogens with zero attached hydrogens (tertiary/aromatic N) is 1. The average Bonchev–Trinajstić information content (AvgIpc) is 2.54. The van der Waals surface area contributed by atoms with Crippen LogP contribution >= 0.6 is 0 Å². The zero-order chi connectivity index (χ0) is 18.8. The van der Waals surface area contributed by atoms with Crippen molar-refractivity contribution in [2.75, 3.05) is 18.0 Å². The predicted octanol–water partition coefficient (Wildman–Crippen LogP) is 2.06. The van der Waals surface area contributed by atoms with Gasteiger partial charge < -0.3 is 10.0 Å². The lowest BCUT2D eigenvalue weighted by molar-refractivity contribution is -0.151. The second kappa shape index (κ2) is 6.99. The molecule has 0 aliphatic heterocycles. The SMILES string of the molecule is CN(C(=O)c1ccc(F)c(NS(C)(=O)=O)c1)C1(C(=O)O)CCCCC1. The normalized spacial score (nSPS) is 16.9. The first kappa shape index (κ1) is 19.2. The fourth-order valence-electron chi connectivity index (χ4n) is 3.15. The molecule has 0 spiro atoms. The van der Waals surface area contributed by atoms with E-state index in [1.54, 1.807) is 0 Å². The van der Waals surface area contributed by atoms with E-state index in [9.17, 15) is 27.5 Å². The Hall–Kier alpha value is -2.16. The lowest BCUT2D eigenvalue weighted by Crippen LogP contribution is -2.56. The number of anilines is 1. The molecule has 9 heteroatoms. The van der Waals surface area contributed by atoms with Gasteiger partial charge in [-0.2, -0.15) is 0 Å². The number of hydrogen-bond acceptors (Lipinski definition) is 4. The summed E-state index contributed by atoms with van der Waals surface area (Å²) in [6, 6.07) is 3.26. The van der Waals surface area contributed by atoms with Crippen molar-refractivity contribution in [2.24, 2.45) is 0 Å². The van der Waals surface area contributed by atoms with Crippen molar-refractivity contribution in [1.82, 2.24) is 4.90 Å². The minimum atomic E-state index is -3.72.